The molecule has 62 valence electrons. The summed E-state index contributed by atoms with van der Waals surface area (Å²) >= 11 is 0. The van der Waals surface area contributed by atoms with E-state index in [9.17, 15) is 0 Å². The molecule has 1 heterocycles. The van der Waals surface area contributed by atoms with E-state index in [1.165, 1.54) is 0 Å². The third kappa shape index (κ3) is 2.07. The first kappa shape index (κ1) is 8.31. The zero-order valence-electron chi connectivity index (χ0n) is 7.68. The van der Waals surface area contributed by atoms with Gasteiger partial charge in [0.05, 0.1) is 11.9 Å². The summed E-state index contributed by atoms with van der Waals surface area (Å²) in [6.45, 7) is 8.64. The molecule has 2 nitrogen and oxygen atoms in total. The monoisotopic (exact) mass is 152 g/mol. The van der Waals surface area contributed by atoms with Crippen molar-refractivity contribution in [1.29, 1.82) is 0 Å². The Morgan fingerprint density at radius 2 is 2.09 bits per heavy atom. The topological polar surface area (TPSA) is 24.4 Å². The van der Waals surface area contributed by atoms with Gasteiger partial charge in [0.25, 0.3) is 0 Å². The molecule has 0 aliphatic carbocycles. The normalized spacial score (nSPS) is 24.4. The average Bonchev–Trinajstić information content (AvgIpc) is 1.86. The van der Waals surface area contributed by atoms with Crippen LogP contribution in [0.15, 0.2) is 17.3 Å². The second kappa shape index (κ2) is 2.68. The number of hydrogen-bond donors (Lipinski definition) is 1. The van der Waals surface area contributed by atoms with E-state index >= 15 is 0 Å². The minimum Gasteiger partial charge on any atom is -0.367 e. The molecule has 1 rings (SSSR count). The van der Waals surface area contributed by atoms with E-state index in [0.717, 1.165) is 5.84 Å². The maximum absolute atomic E-state index is 4.12. The minimum atomic E-state index is 0.272. The van der Waals surface area contributed by atoms with Gasteiger partial charge in [0.15, 0.2) is 0 Å². The molecule has 0 bridgehead atoms. The maximum Gasteiger partial charge on any atom is 0.0988 e. The van der Waals surface area contributed by atoms with Crippen molar-refractivity contribution in [2.45, 2.75) is 33.7 Å². The zero-order valence-corrected chi connectivity index (χ0v) is 7.68. The van der Waals surface area contributed by atoms with Gasteiger partial charge < -0.3 is 5.32 Å². The minimum absolute atomic E-state index is 0.272. The molecule has 0 radical (unpaired) electrons. The molecule has 0 aromatic rings. The van der Waals surface area contributed by atoms with Gasteiger partial charge in [0.1, 0.15) is 0 Å². The lowest BCUT2D eigenvalue weighted by Crippen LogP contribution is -2.42. The fraction of sp³-hybridized carbons (Fsp3) is 0.667. The lowest BCUT2D eigenvalue weighted by molar-refractivity contribution is 0.341. The highest BCUT2D eigenvalue weighted by Gasteiger charge is 2.23. The number of rotatable bonds is 0. The van der Waals surface area contributed by atoms with Crippen molar-refractivity contribution in [2.75, 3.05) is 0 Å². The van der Waals surface area contributed by atoms with Crippen LogP contribution in [0.1, 0.15) is 27.7 Å². The van der Waals surface area contributed by atoms with Gasteiger partial charge in [-0.05, 0) is 18.4 Å². The number of nitrogens with zero attached hydrogens (tertiary/aromatic N) is 1. The van der Waals surface area contributed by atoms with Crippen molar-refractivity contribution in [1.82, 2.24) is 5.32 Å². The third-order valence-corrected chi connectivity index (χ3v) is 1.84. The maximum atomic E-state index is 4.12. The molecule has 0 saturated heterocycles. The van der Waals surface area contributed by atoms with Gasteiger partial charge in [-0.2, -0.15) is 0 Å². The average molecular weight is 152 g/mol. The molecule has 1 aliphatic rings. The van der Waals surface area contributed by atoms with Crippen LogP contribution in [-0.2, 0) is 0 Å². The van der Waals surface area contributed by atoms with E-state index in [4.69, 9.17) is 0 Å². The summed E-state index contributed by atoms with van der Waals surface area (Å²) in [5, 5.41) is 3.32. The van der Waals surface area contributed by atoms with Crippen molar-refractivity contribution in [2.24, 2.45) is 10.4 Å². The Labute approximate surface area is 68.4 Å². The Morgan fingerprint density at radius 1 is 1.45 bits per heavy atom. The van der Waals surface area contributed by atoms with Crippen molar-refractivity contribution < 1.29 is 0 Å². The summed E-state index contributed by atoms with van der Waals surface area (Å²) in [4.78, 5) is 4.12. The molecule has 11 heavy (non-hydrogen) atoms. The Morgan fingerprint density at radius 3 is 2.45 bits per heavy atom. The molecular formula is C9H16N2. The van der Waals surface area contributed by atoms with E-state index in [1.54, 1.807) is 0 Å². The second-order valence-electron chi connectivity index (χ2n) is 4.04. The van der Waals surface area contributed by atoms with Crippen LogP contribution in [0, 0.1) is 5.41 Å². The lowest BCUT2D eigenvalue weighted by Gasteiger charge is -2.30. The third-order valence-electron chi connectivity index (χ3n) is 1.84. The number of nitrogens with one attached hydrogen (secondary N) is 1. The van der Waals surface area contributed by atoms with Crippen molar-refractivity contribution in [3.8, 4) is 0 Å². The fourth-order valence-corrected chi connectivity index (χ4v) is 1.06. The lowest BCUT2D eigenvalue weighted by atomic mass is 9.86. The van der Waals surface area contributed by atoms with Crippen molar-refractivity contribution in [3.63, 3.8) is 0 Å². The predicted molar refractivity (Wildman–Crippen MR) is 48.6 cm³/mol. The first-order valence-electron chi connectivity index (χ1n) is 3.98. The molecule has 2 heteroatoms. The molecular weight excluding hydrogens is 136 g/mol. The second-order valence-corrected chi connectivity index (χ2v) is 4.04. The molecule has 0 fully saturated rings. The van der Waals surface area contributed by atoms with Gasteiger partial charge in [0.2, 0.25) is 0 Å². The summed E-state index contributed by atoms with van der Waals surface area (Å²) in [6.07, 6.45) is 3.98. The first-order valence-corrected chi connectivity index (χ1v) is 3.98. The largest absolute Gasteiger partial charge is 0.367 e. The molecule has 0 aromatic carbocycles. The van der Waals surface area contributed by atoms with Crippen LogP contribution < -0.4 is 5.32 Å². The molecule has 1 atom stereocenters. The Bertz CT molecular complexity index is 196. The smallest absolute Gasteiger partial charge is 0.0988 e. The summed E-state index contributed by atoms with van der Waals surface area (Å²) < 4.78 is 0. The predicted octanol–water partition coefficient (Wildman–Crippen LogP) is 1.94. The van der Waals surface area contributed by atoms with Crippen LogP contribution in [0.4, 0.5) is 0 Å². The van der Waals surface area contributed by atoms with Gasteiger partial charge >= 0.3 is 0 Å². The van der Waals surface area contributed by atoms with Crippen LogP contribution in [-0.4, -0.2) is 11.9 Å². The molecule has 0 amide bonds. The summed E-state index contributed by atoms with van der Waals surface area (Å²) in [6, 6.07) is 0.417. The SMILES string of the molecule is CC1=NC=CC(C(C)(C)C)N1. The van der Waals surface area contributed by atoms with E-state index in [2.05, 4.69) is 37.2 Å². The molecule has 1 unspecified atom stereocenters. The zero-order chi connectivity index (χ0) is 8.48. The summed E-state index contributed by atoms with van der Waals surface area (Å²) in [5.41, 5.74) is 0.272. The summed E-state index contributed by atoms with van der Waals surface area (Å²) in [5.74, 6) is 1.01. The van der Waals surface area contributed by atoms with Gasteiger partial charge in [-0.25, -0.2) is 4.99 Å². The number of aliphatic imine (C=N–C) groups is 1. The highest BCUT2D eigenvalue weighted by molar-refractivity contribution is 5.81. The Hall–Kier alpha value is -0.790. The van der Waals surface area contributed by atoms with Gasteiger partial charge in [-0.15, -0.1) is 0 Å². The molecule has 1 aliphatic heterocycles. The van der Waals surface area contributed by atoms with E-state index in [1.807, 2.05) is 13.1 Å². The molecule has 1 N–H and O–H groups in total. The Balaban J connectivity index is 2.67. The molecule has 0 saturated carbocycles. The fourth-order valence-electron chi connectivity index (χ4n) is 1.06. The van der Waals surface area contributed by atoms with Gasteiger partial charge in [0, 0.05) is 6.20 Å². The highest BCUT2D eigenvalue weighted by atomic mass is 15.0. The molecule has 0 aromatic heterocycles. The molecule has 0 spiro atoms. The van der Waals surface area contributed by atoms with Gasteiger partial charge in [-0.1, -0.05) is 20.8 Å². The van der Waals surface area contributed by atoms with Crippen LogP contribution >= 0.6 is 0 Å². The van der Waals surface area contributed by atoms with Crippen LogP contribution in [0.3, 0.4) is 0 Å². The van der Waals surface area contributed by atoms with E-state index in [-0.39, 0.29) is 5.41 Å². The number of hydrogen-bond acceptors (Lipinski definition) is 2. The van der Waals surface area contributed by atoms with Gasteiger partial charge in [-0.3, -0.25) is 0 Å². The van der Waals surface area contributed by atoms with Crippen molar-refractivity contribution in [3.05, 3.63) is 12.3 Å². The van der Waals surface area contributed by atoms with Crippen LogP contribution in [0.2, 0.25) is 0 Å². The van der Waals surface area contributed by atoms with Crippen molar-refractivity contribution >= 4 is 5.84 Å². The summed E-state index contributed by atoms with van der Waals surface area (Å²) in [7, 11) is 0. The van der Waals surface area contributed by atoms with E-state index < -0.39 is 0 Å². The quantitative estimate of drug-likeness (QED) is 0.563. The highest BCUT2D eigenvalue weighted by Crippen LogP contribution is 2.21. The van der Waals surface area contributed by atoms with Crippen LogP contribution in [0.5, 0.6) is 0 Å². The Kier molecular flexibility index (Phi) is 2.03. The van der Waals surface area contributed by atoms with E-state index in [0.29, 0.717) is 6.04 Å². The first-order chi connectivity index (χ1) is 5.00. The van der Waals surface area contributed by atoms with Crippen LogP contribution in [0.25, 0.3) is 0 Å². The standard InChI is InChI=1S/C9H16N2/c1-7-10-6-5-8(11-7)9(2,3)4/h5-6,8H,1-4H3,(H,10,11). The number of amidine groups is 1.